The van der Waals surface area contributed by atoms with Gasteiger partial charge in [-0.15, -0.1) is 11.3 Å². The normalized spacial score (nSPS) is 16.0. The quantitative estimate of drug-likeness (QED) is 0.286. The number of hydrogen-bond acceptors (Lipinski definition) is 4. The van der Waals surface area contributed by atoms with Crippen LogP contribution >= 0.6 is 22.9 Å². The average molecular weight is 452 g/mol. The minimum atomic E-state index is -0.344. The Morgan fingerprint density at radius 3 is 2.22 bits per heavy atom. The molecule has 0 saturated carbocycles. The highest BCUT2D eigenvalue weighted by Crippen LogP contribution is 2.37. The molecule has 2 heterocycles. The van der Waals surface area contributed by atoms with Crippen molar-refractivity contribution in [1.82, 2.24) is 5.32 Å². The van der Waals surface area contributed by atoms with Crippen LogP contribution in [0.5, 0.6) is 0 Å². The maximum atomic E-state index is 6.33. The summed E-state index contributed by atoms with van der Waals surface area (Å²) in [5, 5.41) is 5.97. The molecule has 1 unspecified atom stereocenters. The second kappa shape index (κ2) is 7.90. The SMILES string of the molecule is ClC1=NC(c2ccccc2)N=C(c2ccc3sc4cc(-c5ccccc5)ccc4c3c2)N1. The maximum Gasteiger partial charge on any atom is 0.199 e. The minimum absolute atomic E-state index is 0.344. The molecular weight excluding hydrogens is 434 g/mol. The van der Waals surface area contributed by atoms with E-state index >= 15 is 0 Å². The second-order valence-electron chi connectivity index (χ2n) is 7.70. The molecule has 0 radical (unpaired) electrons. The van der Waals surface area contributed by atoms with Gasteiger partial charge in [-0.2, -0.15) is 0 Å². The number of hydrogen-bond donors (Lipinski definition) is 1. The van der Waals surface area contributed by atoms with Crippen molar-refractivity contribution in [3.63, 3.8) is 0 Å². The van der Waals surface area contributed by atoms with Crippen molar-refractivity contribution >= 4 is 54.2 Å². The molecule has 1 atom stereocenters. The third-order valence-electron chi connectivity index (χ3n) is 5.66. The molecule has 6 rings (SSSR count). The Morgan fingerprint density at radius 2 is 1.41 bits per heavy atom. The number of aliphatic imine (C=N–C) groups is 2. The lowest BCUT2D eigenvalue weighted by atomic mass is 10.0. The molecule has 5 aromatic rings. The van der Waals surface area contributed by atoms with Crippen LogP contribution in [0.4, 0.5) is 0 Å². The van der Waals surface area contributed by atoms with Gasteiger partial charge in [0.15, 0.2) is 11.5 Å². The maximum absolute atomic E-state index is 6.33. The van der Waals surface area contributed by atoms with Crippen LogP contribution in [0.25, 0.3) is 31.3 Å². The lowest BCUT2D eigenvalue weighted by Gasteiger charge is -2.19. The molecule has 1 aliphatic rings. The molecule has 4 aromatic carbocycles. The number of amidine groups is 2. The van der Waals surface area contributed by atoms with Crippen molar-refractivity contribution in [2.45, 2.75) is 6.17 Å². The average Bonchev–Trinajstić information content (AvgIpc) is 3.22. The molecule has 0 aliphatic carbocycles. The number of fused-ring (bicyclic) bond motifs is 3. The van der Waals surface area contributed by atoms with Gasteiger partial charge in [-0.25, -0.2) is 9.98 Å². The van der Waals surface area contributed by atoms with Gasteiger partial charge in [-0.05, 0) is 52.6 Å². The largest absolute Gasteiger partial charge is 0.315 e. The summed E-state index contributed by atoms with van der Waals surface area (Å²) in [6.45, 7) is 0. The smallest absolute Gasteiger partial charge is 0.199 e. The first-order valence-corrected chi connectivity index (χ1v) is 11.6. The van der Waals surface area contributed by atoms with Crippen molar-refractivity contribution in [1.29, 1.82) is 0 Å². The lowest BCUT2D eigenvalue weighted by molar-refractivity contribution is 0.760. The molecule has 154 valence electrons. The Morgan fingerprint density at radius 1 is 0.656 bits per heavy atom. The van der Waals surface area contributed by atoms with E-state index in [0.717, 1.165) is 17.0 Å². The summed E-state index contributed by atoms with van der Waals surface area (Å²) in [6.07, 6.45) is -0.344. The lowest BCUT2D eigenvalue weighted by Crippen LogP contribution is -2.32. The van der Waals surface area contributed by atoms with Gasteiger partial charge >= 0.3 is 0 Å². The van der Waals surface area contributed by atoms with Gasteiger partial charge in [-0.3, -0.25) is 0 Å². The highest BCUT2D eigenvalue weighted by Gasteiger charge is 2.19. The van der Waals surface area contributed by atoms with E-state index < -0.39 is 0 Å². The van der Waals surface area contributed by atoms with Crippen LogP contribution in [0.3, 0.4) is 0 Å². The van der Waals surface area contributed by atoms with Gasteiger partial charge in [0.2, 0.25) is 0 Å². The van der Waals surface area contributed by atoms with Crippen LogP contribution in [0.1, 0.15) is 17.3 Å². The van der Waals surface area contributed by atoms with Crippen molar-refractivity contribution in [3.05, 3.63) is 108 Å². The molecule has 3 nitrogen and oxygen atoms in total. The third-order valence-corrected chi connectivity index (χ3v) is 6.98. The number of nitrogens with zero attached hydrogens (tertiary/aromatic N) is 2. The zero-order valence-corrected chi connectivity index (χ0v) is 18.6. The van der Waals surface area contributed by atoms with Gasteiger partial charge in [-0.1, -0.05) is 72.8 Å². The topological polar surface area (TPSA) is 36.8 Å². The van der Waals surface area contributed by atoms with Crippen molar-refractivity contribution < 1.29 is 0 Å². The molecule has 32 heavy (non-hydrogen) atoms. The van der Waals surface area contributed by atoms with E-state index in [-0.39, 0.29) is 6.17 Å². The zero-order valence-electron chi connectivity index (χ0n) is 17.0. The molecule has 0 fully saturated rings. The van der Waals surface area contributed by atoms with Gasteiger partial charge < -0.3 is 5.32 Å². The van der Waals surface area contributed by atoms with Gasteiger partial charge in [0.25, 0.3) is 0 Å². The van der Waals surface area contributed by atoms with Gasteiger partial charge in [0, 0.05) is 25.7 Å². The molecule has 0 bridgehead atoms. The summed E-state index contributed by atoms with van der Waals surface area (Å²) < 4.78 is 2.53. The predicted octanol–water partition coefficient (Wildman–Crippen LogP) is 7.36. The van der Waals surface area contributed by atoms with Crippen LogP contribution in [0.2, 0.25) is 0 Å². The first-order valence-electron chi connectivity index (χ1n) is 10.4. The first-order chi connectivity index (χ1) is 15.7. The summed E-state index contributed by atoms with van der Waals surface area (Å²) in [6, 6.07) is 33.6. The summed E-state index contributed by atoms with van der Waals surface area (Å²) >= 11 is 8.15. The van der Waals surface area contributed by atoms with Crippen LogP contribution < -0.4 is 5.32 Å². The summed E-state index contributed by atoms with van der Waals surface area (Å²) in [7, 11) is 0. The van der Waals surface area contributed by atoms with Gasteiger partial charge in [0.1, 0.15) is 5.84 Å². The van der Waals surface area contributed by atoms with Crippen LogP contribution in [0, 0.1) is 0 Å². The van der Waals surface area contributed by atoms with Crippen LogP contribution in [0.15, 0.2) is 107 Å². The van der Waals surface area contributed by atoms with E-state index in [0.29, 0.717) is 5.29 Å². The van der Waals surface area contributed by atoms with Crippen molar-refractivity contribution in [2.24, 2.45) is 9.98 Å². The molecule has 0 saturated heterocycles. The number of halogens is 1. The molecule has 5 heteroatoms. The Bertz CT molecular complexity index is 1500. The monoisotopic (exact) mass is 451 g/mol. The highest BCUT2D eigenvalue weighted by molar-refractivity contribution is 7.25. The third kappa shape index (κ3) is 3.48. The van der Waals surface area contributed by atoms with Crippen LogP contribution in [-0.4, -0.2) is 11.1 Å². The Labute approximate surface area is 194 Å². The van der Waals surface area contributed by atoms with E-state index in [4.69, 9.17) is 16.6 Å². The molecular formula is C27H18ClN3S. The van der Waals surface area contributed by atoms with E-state index in [1.54, 1.807) is 0 Å². The Balaban J connectivity index is 1.42. The fourth-order valence-corrected chi connectivity index (χ4v) is 5.38. The number of nitrogens with one attached hydrogen (secondary N) is 1. The Kier molecular flexibility index (Phi) is 4.75. The van der Waals surface area contributed by atoms with Gasteiger partial charge in [0.05, 0.1) is 0 Å². The fourth-order valence-electron chi connectivity index (χ4n) is 4.08. The van der Waals surface area contributed by atoms with E-state index in [1.807, 2.05) is 47.7 Å². The molecule has 0 spiro atoms. The summed E-state index contributed by atoms with van der Waals surface area (Å²) in [5.74, 6) is 0.737. The molecule has 0 amide bonds. The number of thiophene rings is 1. The summed E-state index contributed by atoms with van der Waals surface area (Å²) in [5.41, 5.74) is 4.48. The predicted molar refractivity (Wildman–Crippen MR) is 137 cm³/mol. The highest BCUT2D eigenvalue weighted by atomic mass is 35.5. The molecule has 1 N–H and O–H groups in total. The van der Waals surface area contributed by atoms with Crippen LogP contribution in [-0.2, 0) is 0 Å². The summed E-state index contributed by atoms with van der Waals surface area (Å²) in [4.78, 5) is 9.29. The standard InChI is InChI=1S/C27H18ClN3S/c28-27-30-25(18-9-5-2-6-10-18)29-26(31-27)20-12-14-23-22(15-20)21-13-11-19(16-24(21)32-23)17-7-3-1-4-8-17/h1-16,25H,(H,29,30,31). The zero-order chi connectivity index (χ0) is 21.5. The molecule has 1 aliphatic heterocycles. The van der Waals surface area contributed by atoms with E-state index in [1.165, 1.54) is 31.3 Å². The fraction of sp³-hybridized carbons (Fsp3) is 0.0370. The first kappa shape index (κ1) is 19.2. The van der Waals surface area contributed by atoms with Crippen molar-refractivity contribution in [3.8, 4) is 11.1 Å². The Hall–Kier alpha value is -3.47. The van der Waals surface area contributed by atoms with E-state index in [9.17, 15) is 0 Å². The second-order valence-corrected chi connectivity index (χ2v) is 9.14. The number of rotatable bonds is 3. The van der Waals surface area contributed by atoms with Crippen molar-refractivity contribution in [2.75, 3.05) is 0 Å². The minimum Gasteiger partial charge on any atom is -0.315 e. The molecule has 1 aromatic heterocycles. The van der Waals surface area contributed by atoms with E-state index in [2.05, 4.69) is 71.0 Å². The number of benzene rings is 4.